The van der Waals surface area contributed by atoms with Gasteiger partial charge in [0, 0.05) is 25.4 Å². The summed E-state index contributed by atoms with van der Waals surface area (Å²) in [5.74, 6) is 1.14. The summed E-state index contributed by atoms with van der Waals surface area (Å²) in [4.78, 5) is 10.9. The standard InChI is InChI=1S/C14H32N2O4S/c1-4-14(17)16-6-8-19-10-12-20-11-9-18-7-5-15-13-21(2)3/h15,21H,4-13H2,1-3H3,(H,16,17). The summed E-state index contributed by atoms with van der Waals surface area (Å²) in [6.07, 6.45) is 5.00. The molecule has 21 heavy (non-hydrogen) atoms. The van der Waals surface area contributed by atoms with Gasteiger partial charge in [-0.05, 0) is 12.5 Å². The van der Waals surface area contributed by atoms with Crippen LogP contribution >= 0.6 is 10.9 Å². The molecular weight excluding hydrogens is 292 g/mol. The number of thiol groups is 1. The lowest BCUT2D eigenvalue weighted by Crippen LogP contribution is -2.26. The highest BCUT2D eigenvalue weighted by Crippen LogP contribution is 2.08. The Morgan fingerprint density at radius 3 is 1.95 bits per heavy atom. The number of hydrogen-bond acceptors (Lipinski definition) is 5. The van der Waals surface area contributed by atoms with Crippen LogP contribution in [0.3, 0.4) is 0 Å². The summed E-state index contributed by atoms with van der Waals surface area (Å²) in [5, 5.41) is 6.09. The molecule has 0 unspecified atom stereocenters. The summed E-state index contributed by atoms with van der Waals surface area (Å²) in [7, 11) is 0.127. The van der Waals surface area contributed by atoms with Gasteiger partial charge in [0.25, 0.3) is 0 Å². The highest BCUT2D eigenvalue weighted by atomic mass is 32.2. The summed E-state index contributed by atoms with van der Waals surface area (Å²) >= 11 is 0. The van der Waals surface area contributed by atoms with Crippen LogP contribution in [0.5, 0.6) is 0 Å². The second-order valence-corrected chi connectivity index (χ2v) is 7.25. The van der Waals surface area contributed by atoms with E-state index in [9.17, 15) is 4.79 Å². The minimum Gasteiger partial charge on any atom is -0.378 e. The zero-order chi connectivity index (χ0) is 15.8. The van der Waals surface area contributed by atoms with Crippen molar-refractivity contribution in [3.05, 3.63) is 0 Å². The summed E-state index contributed by atoms with van der Waals surface area (Å²) in [6, 6.07) is 0. The molecule has 0 saturated carbocycles. The molecule has 0 aliphatic carbocycles. The smallest absolute Gasteiger partial charge is 0.219 e. The maximum atomic E-state index is 10.9. The van der Waals surface area contributed by atoms with Crippen LogP contribution in [0, 0.1) is 0 Å². The summed E-state index contributed by atoms with van der Waals surface area (Å²) < 4.78 is 16.1. The third kappa shape index (κ3) is 17.6. The first-order chi connectivity index (χ1) is 10.2. The number of amides is 1. The molecule has 0 radical (unpaired) electrons. The van der Waals surface area contributed by atoms with E-state index in [-0.39, 0.29) is 16.8 Å². The Balaban J connectivity index is 3.01. The van der Waals surface area contributed by atoms with Crippen molar-refractivity contribution in [1.29, 1.82) is 0 Å². The van der Waals surface area contributed by atoms with E-state index in [2.05, 4.69) is 23.1 Å². The molecule has 128 valence electrons. The van der Waals surface area contributed by atoms with Crippen molar-refractivity contribution in [2.45, 2.75) is 13.3 Å². The lowest BCUT2D eigenvalue weighted by atomic mass is 10.4. The maximum absolute atomic E-state index is 10.9. The van der Waals surface area contributed by atoms with Gasteiger partial charge in [-0.2, -0.15) is 0 Å². The number of nitrogens with one attached hydrogen (secondary N) is 2. The van der Waals surface area contributed by atoms with Crippen molar-refractivity contribution in [3.63, 3.8) is 0 Å². The lowest BCUT2D eigenvalue weighted by Gasteiger charge is -2.11. The normalized spacial score (nSPS) is 11.5. The average molecular weight is 324 g/mol. The van der Waals surface area contributed by atoms with Crippen molar-refractivity contribution in [2.75, 3.05) is 71.1 Å². The fourth-order valence-electron chi connectivity index (χ4n) is 1.38. The molecule has 1 amide bonds. The van der Waals surface area contributed by atoms with Gasteiger partial charge in [0.15, 0.2) is 0 Å². The maximum Gasteiger partial charge on any atom is 0.219 e. The SMILES string of the molecule is CCC(=O)NCCOCCOCCOCCNC[SH](C)C. The van der Waals surface area contributed by atoms with Crippen molar-refractivity contribution in [3.8, 4) is 0 Å². The molecule has 0 aromatic heterocycles. The minimum atomic E-state index is 0.0518. The van der Waals surface area contributed by atoms with Gasteiger partial charge in [0.05, 0.1) is 39.6 Å². The van der Waals surface area contributed by atoms with Gasteiger partial charge in [-0.15, -0.1) is 0 Å². The topological polar surface area (TPSA) is 68.8 Å². The largest absolute Gasteiger partial charge is 0.378 e. The molecule has 0 bridgehead atoms. The van der Waals surface area contributed by atoms with E-state index in [1.165, 1.54) is 0 Å². The van der Waals surface area contributed by atoms with Crippen molar-refractivity contribution in [2.24, 2.45) is 0 Å². The molecule has 7 heteroatoms. The minimum absolute atomic E-state index is 0.0518. The van der Waals surface area contributed by atoms with Crippen LogP contribution in [0.25, 0.3) is 0 Å². The number of carbonyl (C=O) groups excluding carboxylic acids is 1. The van der Waals surface area contributed by atoms with Crippen molar-refractivity contribution >= 4 is 16.8 Å². The van der Waals surface area contributed by atoms with Crippen LogP contribution in [0.1, 0.15) is 13.3 Å². The molecule has 0 atom stereocenters. The second-order valence-electron chi connectivity index (χ2n) is 4.78. The van der Waals surface area contributed by atoms with Gasteiger partial charge in [-0.3, -0.25) is 4.79 Å². The monoisotopic (exact) mass is 324 g/mol. The van der Waals surface area contributed by atoms with Crippen LogP contribution in [0.4, 0.5) is 0 Å². The Hall–Kier alpha value is -0.340. The van der Waals surface area contributed by atoms with E-state index in [4.69, 9.17) is 14.2 Å². The molecule has 2 N–H and O–H groups in total. The fraction of sp³-hybridized carbons (Fsp3) is 0.929. The number of hydrogen-bond donors (Lipinski definition) is 3. The molecule has 6 nitrogen and oxygen atoms in total. The molecule has 0 saturated heterocycles. The number of carbonyl (C=O) groups is 1. The van der Waals surface area contributed by atoms with E-state index in [1.54, 1.807) is 0 Å². The molecule has 0 aliphatic heterocycles. The number of rotatable bonds is 15. The van der Waals surface area contributed by atoms with Crippen molar-refractivity contribution in [1.82, 2.24) is 10.6 Å². The predicted octanol–water partition coefficient (Wildman–Crippen LogP) is 0.370. The zero-order valence-electron chi connectivity index (χ0n) is 13.7. The van der Waals surface area contributed by atoms with Gasteiger partial charge in [0.2, 0.25) is 5.91 Å². The number of ether oxygens (including phenoxy) is 3. The predicted molar refractivity (Wildman–Crippen MR) is 89.5 cm³/mol. The van der Waals surface area contributed by atoms with Gasteiger partial charge in [-0.1, -0.05) is 6.92 Å². The van der Waals surface area contributed by atoms with Gasteiger partial charge in [0.1, 0.15) is 0 Å². The summed E-state index contributed by atoms with van der Waals surface area (Å²) in [6.45, 7) is 6.82. The average Bonchev–Trinajstić information content (AvgIpc) is 2.46. The molecule has 0 spiro atoms. The first kappa shape index (κ1) is 20.7. The molecular formula is C14H32N2O4S. The second kappa shape index (κ2) is 16.0. The highest BCUT2D eigenvalue weighted by Gasteiger charge is 1.95. The Morgan fingerprint density at radius 1 is 0.905 bits per heavy atom. The van der Waals surface area contributed by atoms with Crippen LogP contribution in [0.2, 0.25) is 0 Å². The Bertz CT molecular complexity index is 243. The van der Waals surface area contributed by atoms with Gasteiger partial charge < -0.3 is 24.8 Å². The van der Waals surface area contributed by atoms with Crippen LogP contribution in [-0.2, 0) is 19.0 Å². The summed E-state index contributed by atoms with van der Waals surface area (Å²) in [5.41, 5.74) is 0. The quantitative estimate of drug-likeness (QED) is 0.300. The first-order valence-electron chi connectivity index (χ1n) is 7.52. The Morgan fingerprint density at radius 2 is 1.43 bits per heavy atom. The van der Waals surface area contributed by atoms with E-state index >= 15 is 0 Å². The molecule has 0 aromatic carbocycles. The van der Waals surface area contributed by atoms with Crippen molar-refractivity contribution < 1.29 is 19.0 Å². The third-order valence-corrected chi connectivity index (χ3v) is 3.34. The van der Waals surface area contributed by atoms with E-state index in [0.717, 1.165) is 19.0 Å². The Labute approximate surface area is 131 Å². The molecule has 0 heterocycles. The lowest BCUT2D eigenvalue weighted by molar-refractivity contribution is -0.121. The van der Waals surface area contributed by atoms with E-state index in [1.807, 2.05) is 6.92 Å². The van der Waals surface area contributed by atoms with Gasteiger partial charge in [-0.25, -0.2) is 10.9 Å². The zero-order valence-corrected chi connectivity index (χ0v) is 14.5. The van der Waals surface area contributed by atoms with E-state index in [0.29, 0.717) is 46.0 Å². The third-order valence-electron chi connectivity index (χ3n) is 2.48. The molecule has 0 rings (SSSR count). The molecule has 0 fully saturated rings. The van der Waals surface area contributed by atoms with Crippen LogP contribution in [0.15, 0.2) is 0 Å². The van der Waals surface area contributed by atoms with Crippen LogP contribution < -0.4 is 10.6 Å². The van der Waals surface area contributed by atoms with Crippen LogP contribution in [-0.4, -0.2) is 77.0 Å². The first-order valence-corrected chi connectivity index (χ1v) is 9.94. The van der Waals surface area contributed by atoms with Gasteiger partial charge >= 0.3 is 0 Å². The highest BCUT2D eigenvalue weighted by molar-refractivity contribution is 8.15. The molecule has 0 aromatic rings. The van der Waals surface area contributed by atoms with E-state index < -0.39 is 0 Å². The molecule has 0 aliphatic rings. The Kier molecular flexibility index (Phi) is 15.8. The fourth-order valence-corrected chi connectivity index (χ4v) is 1.98.